The Hall–Kier alpha value is -3.48. The lowest BCUT2D eigenvalue weighted by Crippen LogP contribution is -2.14. The lowest BCUT2D eigenvalue weighted by atomic mass is 10.1. The van der Waals surface area contributed by atoms with Crippen molar-refractivity contribution < 1.29 is 4.79 Å². The average Bonchev–Trinajstić information content (AvgIpc) is 3.41. The van der Waals surface area contributed by atoms with Crippen LogP contribution < -0.4 is 5.32 Å². The maximum atomic E-state index is 13.0. The predicted octanol–water partition coefficient (Wildman–Crippen LogP) is 5.02. The maximum Gasteiger partial charge on any atom is 0.260 e. The van der Waals surface area contributed by atoms with Crippen molar-refractivity contribution in [3.63, 3.8) is 0 Å². The minimum atomic E-state index is -0.214. The maximum absolute atomic E-state index is 13.0. The van der Waals surface area contributed by atoms with Crippen molar-refractivity contribution in [3.8, 4) is 11.8 Å². The molecule has 7 nitrogen and oxygen atoms in total. The van der Waals surface area contributed by atoms with Gasteiger partial charge in [0.25, 0.3) is 5.91 Å². The van der Waals surface area contributed by atoms with Gasteiger partial charge in [0, 0.05) is 11.7 Å². The Labute approximate surface area is 193 Å². The number of hydrogen-bond acceptors (Lipinski definition) is 7. The number of thioether (sulfide) groups is 1. The molecule has 1 fully saturated rings. The van der Waals surface area contributed by atoms with Crippen molar-refractivity contribution in [2.75, 3.05) is 5.32 Å². The molecule has 32 heavy (non-hydrogen) atoms. The van der Waals surface area contributed by atoms with E-state index in [-0.39, 0.29) is 5.91 Å². The Bertz CT molecular complexity index is 1290. The second-order valence-electron chi connectivity index (χ2n) is 7.39. The summed E-state index contributed by atoms with van der Waals surface area (Å²) in [6.45, 7) is 0. The molecule has 1 aliphatic rings. The van der Waals surface area contributed by atoms with Crippen molar-refractivity contribution in [2.45, 2.75) is 28.9 Å². The van der Waals surface area contributed by atoms with Crippen LogP contribution in [-0.2, 0) is 5.75 Å². The third kappa shape index (κ3) is 4.42. The summed E-state index contributed by atoms with van der Waals surface area (Å²) in [4.78, 5) is 13.0. The van der Waals surface area contributed by atoms with E-state index >= 15 is 0 Å². The van der Waals surface area contributed by atoms with Gasteiger partial charge in [-0.3, -0.25) is 10.1 Å². The minimum absolute atomic E-state index is 0.214. The molecular weight excluding hydrogens is 440 g/mol. The molecular formula is C23H18N6OS2. The van der Waals surface area contributed by atoms with E-state index in [1.54, 1.807) is 30.1 Å². The van der Waals surface area contributed by atoms with E-state index in [9.17, 15) is 4.79 Å². The second-order valence-corrected chi connectivity index (χ2v) is 9.59. The van der Waals surface area contributed by atoms with Crippen molar-refractivity contribution >= 4 is 34.1 Å². The highest BCUT2D eigenvalue weighted by atomic mass is 32.2. The fraction of sp³-hybridized carbons (Fsp3) is 0.174. The zero-order valence-electron chi connectivity index (χ0n) is 16.9. The van der Waals surface area contributed by atoms with E-state index in [1.165, 1.54) is 11.3 Å². The van der Waals surface area contributed by atoms with Crippen LogP contribution in [0.15, 0.2) is 65.1 Å². The van der Waals surface area contributed by atoms with Gasteiger partial charge in [-0.15, -0.1) is 10.2 Å². The molecule has 2 aromatic heterocycles. The van der Waals surface area contributed by atoms with E-state index in [4.69, 9.17) is 5.26 Å². The smallest absolute Gasteiger partial charge is 0.260 e. The van der Waals surface area contributed by atoms with Gasteiger partial charge in [0.05, 0.1) is 34.8 Å². The number of hydrogen-bond donors (Lipinski definition) is 1. The lowest BCUT2D eigenvalue weighted by molar-refractivity contribution is 0.102. The van der Waals surface area contributed by atoms with Gasteiger partial charge in [-0.1, -0.05) is 53.4 Å². The van der Waals surface area contributed by atoms with Gasteiger partial charge in [-0.25, -0.2) is 4.68 Å². The topological polar surface area (TPSA) is 96.5 Å². The Kier molecular flexibility index (Phi) is 5.71. The Morgan fingerprint density at radius 1 is 1.16 bits per heavy atom. The molecule has 1 N–H and O–H groups in total. The van der Waals surface area contributed by atoms with Crippen LogP contribution >= 0.6 is 23.1 Å². The quantitative estimate of drug-likeness (QED) is 0.309. The van der Waals surface area contributed by atoms with Crippen LogP contribution in [0.5, 0.6) is 0 Å². The Morgan fingerprint density at radius 3 is 2.66 bits per heavy atom. The molecule has 0 aliphatic heterocycles. The first-order valence-electron chi connectivity index (χ1n) is 10.1. The van der Waals surface area contributed by atoms with Gasteiger partial charge in [0.15, 0.2) is 4.34 Å². The summed E-state index contributed by atoms with van der Waals surface area (Å²) in [6.07, 6.45) is 3.76. The van der Waals surface area contributed by atoms with E-state index in [0.29, 0.717) is 27.9 Å². The molecule has 0 bridgehead atoms. The zero-order chi connectivity index (χ0) is 21.9. The molecule has 1 amide bonds. The molecule has 5 rings (SSSR count). The highest BCUT2D eigenvalue weighted by molar-refractivity contribution is 8.00. The first-order chi connectivity index (χ1) is 15.7. The molecule has 2 aromatic carbocycles. The Morgan fingerprint density at radius 2 is 1.94 bits per heavy atom. The fourth-order valence-corrected chi connectivity index (χ4v) is 5.06. The SMILES string of the molecule is N#Cc1ccc(CSc2nnc(NC(=O)c3cnn(-c4ccccc4)c3C3CC3)s2)cc1. The van der Waals surface area contributed by atoms with Gasteiger partial charge in [0.1, 0.15) is 0 Å². The highest BCUT2D eigenvalue weighted by Crippen LogP contribution is 2.42. The van der Waals surface area contributed by atoms with E-state index in [2.05, 4.69) is 26.7 Å². The summed E-state index contributed by atoms with van der Waals surface area (Å²) in [5, 5.41) is 25.0. The minimum Gasteiger partial charge on any atom is -0.296 e. The van der Waals surface area contributed by atoms with Crippen LogP contribution in [0.4, 0.5) is 5.13 Å². The molecule has 0 saturated heterocycles. The van der Waals surface area contributed by atoms with Crippen LogP contribution in [-0.4, -0.2) is 25.9 Å². The van der Waals surface area contributed by atoms with Crippen molar-refractivity contribution in [2.24, 2.45) is 0 Å². The molecule has 2 heterocycles. The monoisotopic (exact) mass is 458 g/mol. The van der Waals surface area contributed by atoms with Crippen LogP contribution in [0, 0.1) is 11.3 Å². The van der Waals surface area contributed by atoms with Gasteiger partial charge in [0.2, 0.25) is 5.13 Å². The third-order valence-electron chi connectivity index (χ3n) is 5.09. The molecule has 4 aromatic rings. The van der Waals surface area contributed by atoms with E-state index in [0.717, 1.165) is 34.1 Å². The largest absolute Gasteiger partial charge is 0.296 e. The number of aromatic nitrogens is 4. The van der Waals surface area contributed by atoms with Crippen LogP contribution in [0.2, 0.25) is 0 Å². The first kappa shape index (κ1) is 20.4. The zero-order valence-corrected chi connectivity index (χ0v) is 18.6. The molecule has 158 valence electrons. The average molecular weight is 459 g/mol. The molecule has 0 spiro atoms. The number of anilines is 1. The molecule has 0 unspecified atom stereocenters. The highest BCUT2D eigenvalue weighted by Gasteiger charge is 2.33. The summed E-state index contributed by atoms with van der Waals surface area (Å²) in [5.41, 5.74) is 4.22. The molecule has 9 heteroatoms. The molecule has 0 radical (unpaired) electrons. The summed E-state index contributed by atoms with van der Waals surface area (Å²) >= 11 is 2.89. The lowest BCUT2D eigenvalue weighted by Gasteiger charge is -2.08. The number of nitrogens with one attached hydrogen (secondary N) is 1. The number of para-hydroxylation sites is 1. The van der Waals surface area contributed by atoms with Crippen molar-refractivity contribution in [3.05, 3.63) is 83.2 Å². The van der Waals surface area contributed by atoms with Crippen LogP contribution in [0.25, 0.3) is 5.69 Å². The normalized spacial score (nSPS) is 13.0. The van der Waals surface area contributed by atoms with E-state index < -0.39 is 0 Å². The standard InChI is InChI=1S/C23H18N6OS2/c24-12-15-6-8-16(9-7-15)14-31-23-28-27-22(32-23)26-21(30)19-13-25-29(20(19)17-10-11-17)18-4-2-1-3-5-18/h1-9,13,17H,10-11,14H2,(H,26,27,30). The number of nitrogens with zero attached hydrogens (tertiary/aromatic N) is 5. The molecule has 1 saturated carbocycles. The first-order valence-corrected chi connectivity index (χ1v) is 11.9. The van der Waals surface area contributed by atoms with Crippen LogP contribution in [0.1, 0.15) is 45.9 Å². The second kappa shape index (κ2) is 8.94. The molecule has 0 atom stereocenters. The van der Waals surface area contributed by atoms with Gasteiger partial charge < -0.3 is 0 Å². The summed E-state index contributed by atoms with van der Waals surface area (Å²) in [7, 11) is 0. The number of rotatable bonds is 7. The van der Waals surface area contributed by atoms with Gasteiger partial charge in [-0.05, 0) is 42.7 Å². The number of nitriles is 1. The predicted molar refractivity (Wildman–Crippen MR) is 124 cm³/mol. The Balaban J connectivity index is 1.27. The van der Waals surface area contributed by atoms with Gasteiger partial charge >= 0.3 is 0 Å². The summed E-state index contributed by atoms with van der Waals surface area (Å²) < 4.78 is 2.64. The van der Waals surface area contributed by atoms with Gasteiger partial charge in [-0.2, -0.15) is 10.4 Å². The number of amides is 1. The summed E-state index contributed by atoms with van der Waals surface area (Å²) in [5.74, 6) is 0.851. The fourth-order valence-electron chi connectivity index (χ4n) is 3.36. The molecule has 1 aliphatic carbocycles. The number of benzene rings is 2. The summed E-state index contributed by atoms with van der Waals surface area (Å²) in [6, 6.07) is 19.4. The van der Waals surface area contributed by atoms with Crippen molar-refractivity contribution in [1.29, 1.82) is 5.26 Å². The third-order valence-corrected chi connectivity index (χ3v) is 7.13. The van der Waals surface area contributed by atoms with Crippen LogP contribution in [0.3, 0.4) is 0 Å². The number of carbonyl (C=O) groups excluding carboxylic acids is 1. The van der Waals surface area contributed by atoms with E-state index in [1.807, 2.05) is 47.1 Å². The van der Waals surface area contributed by atoms with Crippen molar-refractivity contribution in [1.82, 2.24) is 20.0 Å². The number of carbonyl (C=O) groups is 1.